The van der Waals surface area contributed by atoms with Crippen molar-refractivity contribution in [3.63, 3.8) is 0 Å². The number of hydrogen-bond donors (Lipinski definition) is 0. The molecule has 0 aliphatic carbocycles. The van der Waals surface area contributed by atoms with E-state index in [1.807, 2.05) is 67.6 Å². The third-order valence-corrected chi connectivity index (χ3v) is 6.24. The summed E-state index contributed by atoms with van der Waals surface area (Å²) in [6.07, 6.45) is 1.71. The highest BCUT2D eigenvalue weighted by atomic mass is 32.2. The molecule has 0 N–H and O–H groups in total. The molecule has 1 aliphatic rings. The summed E-state index contributed by atoms with van der Waals surface area (Å²) >= 11 is 0.934. The second-order valence-electron chi connectivity index (χ2n) is 8.50. The summed E-state index contributed by atoms with van der Waals surface area (Å²) in [5.74, 6) is 2.08. The Balaban J connectivity index is 1.43. The maximum absolute atomic E-state index is 12.9. The van der Waals surface area contributed by atoms with Gasteiger partial charge in [0.15, 0.2) is 11.5 Å². The lowest BCUT2D eigenvalue weighted by Gasteiger charge is -2.14. The standard InChI is InChI=1S/C28H29NO5S/c1-4-32-25-16-20(12-13-24(25)34-18-19(2)3)17-26-27(30)29(28(31)35-26)14-15-33-23-11-7-9-21-8-5-6-10-22(21)23/h5-13,16-17,19H,4,14-15,18H2,1-3H3/b26-17-. The van der Waals surface area contributed by atoms with Crippen molar-refractivity contribution in [3.8, 4) is 17.2 Å². The first-order chi connectivity index (χ1) is 17.0. The van der Waals surface area contributed by atoms with Crippen LogP contribution in [0, 0.1) is 5.92 Å². The number of carbonyl (C=O) groups excluding carboxylic acids is 2. The van der Waals surface area contributed by atoms with Gasteiger partial charge in [0.25, 0.3) is 11.1 Å². The largest absolute Gasteiger partial charge is 0.491 e. The first kappa shape index (κ1) is 24.7. The Labute approximate surface area is 209 Å². The van der Waals surface area contributed by atoms with Gasteiger partial charge in [0.2, 0.25) is 0 Å². The Morgan fingerprint density at radius 2 is 1.71 bits per heavy atom. The summed E-state index contributed by atoms with van der Waals surface area (Å²) in [5.41, 5.74) is 0.767. The molecule has 6 nitrogen and oxygen atoms in total. The van der Waals surface area contributed by atoms with Crippen LogP contribution in [-0.4, -0.2) is 42.4 Å². The Morgan fingerprint density at radius 3 is 2.51 bits per heavy atom. The Hall–Kier alpha value is -3.45. The minimum atomic E-state index is -0.320. The molecule has 0 atom stereocenters. The van der Waals surface area contributed by atoms with Crippen LogP contribution in [0.3, 0.4) is 0 Å². The molecule has 1 aliphatic heterocycles. The molecule has 0 saturated carbocycles. The molecule has 3 aromatic carbocycles. The van der Waals surface area contributed by atoms with E-state index in [2.05, 4.69) is 13.8 Å². The van der Waals surface area contributed by atoms with Crippen molar-refractivity contribution in [2.75, 3.05) is 26.4 Å². The molecule has 4 rings (SSSR count). The number of thioether (sulfide) groups is 1. The van der Waals surface area contributed by atoms with E-state index in [1.54, 1.807) is 6.08 Å². The number of rotatable bonds is 10. The SMILES string of the molecule is CCOc1cc(/C=C2\SC(=O)N(CCOc3cccc4ccccc34)C2=O)ccc1OCC(C)C. The van der Waals surface area contributed by atoms with Crippen molar-refractivity contribution in [1.82, 2.24) is 4.90 Å². The summed E-state index contributed by atoms with van der Waals surface area (Å²) in [6, 6.07) is 19.3. The zero-order valence-electron chi connectivity index (χ0n) is 20.2. The number of hydrogen-bond acceptors (Lipinski definition) is 6. The molecule has 182 valence electrons. The van der Waals surface area contributed by atoms with Crippen LogP contribution in [0.2, 0.25) is 0 Å². The van der Waals surface area contributed by atoms with Crippen LogP contribution < -0.4 is 14.2 Å². The number of carbonyl (C=O) groups is 2. The highest BCUT2D eigenvalue weighted by Gasteiger charge is 2.34. The van der Waals surface area contributed by atoms with E-state index in [-0.39, 0.29) is 24.3 Å². The number of nitrogens with zero attached hydrogens (tertiary/aromatic N) is 1. The lowest BCUT2D eigenvalue weighted by atomic mass is 10.1. The first-order valence-electron chi connectivity index (χ1n) is 11.7. The Kier molecular flexibility index (Phi) is 7.98. The van der Waals surface area contributed by atoms with E-state index in [1.165, 1.54) is 4.90 Å². The highest BCUT2D eigenvalue weighted by Crippen LogP contribution is 2.35. The molecule has 3 aromatic rings. The zero-order valence-corrected chi connectivity index (χ0v) is 21.0. The third kappa shape index (κ3) is 5.98. The van der Waals surface area contributed by atoms with Crippen molar-refractivity contribution in [2.24, 2.45) is 5.92 Å². The van der Waals surface area contributed by atoms with Gasteiger partial charge >= 0.3 is 0 Å². The highest BCUT2D eigenvalue weighted by molar-refractivity contribution is 8.18. The fraction of sp³-hybridized carbons (Fsp3) is 0.286. The third-order valence-electron chi connectivity index (χ3n) is 5.33. The zero-order chi connectivity index (χ0) is 24.8. The molecular formula is C28H29NO5S. The number of benzene rings is 3. The van der Waals surface area contributed by atoms with Crippen molar-refractivity contribution in [3.05, 3.63) is 71.1 Å². The maximum Gasteiger partial charge on any atom is 0.293 e. The van der Waals surface area contributed by atoms with E-state index in [0.717, 1.165) is 33.8 Å². The summed E-state index contributed by atoms with van der Waals surface area (Å²) in [5, 5.41) is 1.77. The van der Waals surface area contributed by atoms with Crippen LogP contribution in [0.5, 0.6) is 17.2 Å². The molecule has 0 bridgehead atoms. The molecule has 1 heterocycles. The fourth-order valence-electron chi connectivity index (χ4n) is 3.67. The molecule has 7 heteroatoms. The van der Waals surface area contributed by atoms with Crippen LogP contribution in [0.4, 0.5) is 4.79 Å². The molecule has 0 unspecified atom stereocenters. The lowest BCUT2D eigenvalue weighted by molar-refractivity contribution is -0.123. The number of fused-ring (bicyclic) bond motifs is 1. The van der Waals surface area contributed by atoms with Gasteiger partial charge in [0.1, 0.15) is 12.4 Å². The average molecular weight is 492 g/mol. The normalized spacial score (nSPS) is 14.9. The summed E-state index contributed by atoms with van der Waals surface area (Å²) < 4.78 is 17.5. The van der Waals surface area contributed by atoms with Gasteiger partial charge in [-0.05, 0) is 59.8 Å². The van der Waals surface area contributed by atoms with Crippen LogP contribution in [-0.2, 0) is 4.79 Å². The number of ether oxygens (including phenoxy) is 3. The average Bonchev–Trinajstić information content (AvgIpc) is 3.11. The van der Waals surface area contributed by atoms with Crippen LogP contribution >= 0.6 is 11.8 Å². The van der Waals surface area contributed by atoms with Crippen LogP contribution in [0.1, 0.15) is 26.3 Å². The van der Waals surface area contributed by atoms with Gasteiger partial charge in [-0.3, -0.25) is 14.5 Å². The second-order valence-corrected chi connectivity index (χ2v) is 9.50. The van der Waals surface area contributed by atoms with Crippen molar-refractivity contribution >= 4 is 39.8 Å². The summed E-state index contributed by atoms with van der Waals surface area (Å²) in [6.45, 7) is 7.54. The summed E-state index contributed by atoms with van der Waals surface area (Å²) in [7, 11) is 0. The first-order valence-corrected chi connectivity index (χ1v) is 12.5. The molecule has 0 spiro atoms. The molecule has 2 amide bonds. The number of imide groups is 1. The predicted molar refractivity (Wildman–Crippen MR) is 140 cm³/mol. The Bertz CT molecular complexity index is 1250. The molecule has 1 fully saturated rings. The quantitative estimate of drug-likeness (QED) is 0.306. The van der Waals surface area contributed by atoms with Gasteiger partial charge in [-0.25, -0.2) is 0 Å². The van der Waals surface area contributed by atoms with E-state index in [0.29, 0.717) is 35.5 Å². The van der Waals surface area contributed by atoms with Crippen molar-refractivity contribution in [2.45, 2.75) is 20.8 Å². The van der Waals surface area contributed by atoms with Gasteiger partial charge in [0, 0.05) is 5.39 Å². The van der Waals surface area contributed by atoms with Gasteiger partial charge in [-0.1, -0.05) is 56.3 Å². The van der Waals surface area contributed by atoms with Crippen molar-refractivity contribution < 1.29 is 23.8 Å². The fourth-order valence-corrected chi connectivity index (χ4v) is 4.54. The van der Waals surface area contributed by atoms with Gasteiger partial charge in [-0.15, -0.1) is 0 Å². The molecule has 35 heavy (non-hydrogen) atoms. The molecule has 0 radical (unpaired) electrons. The molecule has 0 aromatic heterocycles. The molecule has 1 saturated heterocycles. The lowest BCUT2D eigenvalue weighted by Crippen LogP contribution is -2.32. The van der Waals surface area contributed by atoms with E-state index in [4.69, 9.17) is 14.2 Å². The monoisotopic (exact) mass is 491 g/mol. The number of amides is 2. The van der Waals surface area contributed by atoms with Gasteiger partial charge in [-0.2, -0.15) is 0 Å². The topological polar surface area (TPSA) is 65.1 Å². The molecular weight excluding hydrogens is 462 g/mol. The van der Waals surface area contributed by atoms with Crippen LogP contribution in [0.25, 0.3) is 16.8 Å². The van der Waals surface area contributed by atoms with E-state index in [9.17, 15) is 9.59 Å². The van der Waals surface area contributed by atoms with Gasteiger partial charge < -0.3 is 14.2 Å². The predicted octanol–water partition coefficient (Wildman–Crippen LogP) is 6.39. The Morgan fingerprint density at radius 1 is 0.914 bits per heavy atom. The van der Waals surface area contributed by atoms with Gasteiger partial charge in [0.05, 0.1) is 24.7 Å². The minimum absolute atomic E-state index is 0.178. The summed E-state index contributed by atoms with van der Waals surface area (Å²) in [4.78, 5) is 27.1. The van der Waals surface area contributed by atoms with E-state index >= 15 is 0 Å². The smallest absolute Gasteiger partial charge is 0.293 e. The van der Waals surface area contributed by atoms with Crippen molar-refractivity contribution in [1.29, 1.82) is 0 Å². The second kappa shape index (κ2) is 11.3. The maximum atomic E-state index is 12.9. The minimum Gasteiger partial charge on any atom is -0.491 e. The van der Waals surface area contributed by atoms with Crippen LogP contribution in [0.15, 0.2) is 65.6 Å². The van der Waals surface area contributed by atoms with E-state index < -0.39 is 0 Å².